The lowest BCUT2D eigenvalue weighted by Crippen LogP contribution is -2.44. The first-order valence-electron chi connectivity index (χ1n) is 8.62. The number of methoxy groups -OCH3 is 2. The summed E-state index contributed by atoms with van der Waals surface area (Å²) in [6.45, 7) is 0. The lowest BCUT2D eigenvalue weighted by molar-refractivity contribution is -0.125. The van der Waals surface area contributed by atoms with Crippen LogP contribution in [0.25, 0.3) is 0 Å². The average molecular weight is 371 g/mol. The van der Waals surface area contributed by atoms with Crippen LogP contribution in [-0.2, 0) is 4.79 Å². The van der Waals surface area contributed by atoms with Crippen molar-refractivity contribution in [2.24, 2.45) is 11.7 Å². The predicted molar refractivity (Wildman–Crippen MR) is 98.4 cm³/mol. The quantitative estimate of drug-likeness (QED) is 0.686. The second-order valence-electron chi connectivity index (χ2n) is 6.52. The first-order chi connectivity index (χ1) is 12.0. The number of hydrogen-bond donors (Lipinski definition) is 3. The molecule has 1 aromatic carbocycles. The van der Waals surface area contributed by atoms with Crippen LogP contribution in [0.3, 0.4) is 0 Å². The van der Waals surface area contributed by atoms with Gasteiger partial charge in [-0.3, -0.25) is 4.79 Å². The SMILES string of the molecule is COc1cc(NC(=O)C(O)[C@H](N)CC2CCCCC2)c(OC)cc1Cl. The molecule has 6 nitrogen and oxygen atoms in total. The fourth-order valence-electron chi connectivity index (χ4n) is 3.30. The number of carbonyl (C=O) groups is 1. The van der Waals surface area contributed by atoms with Gasteiger partial charge in [-0.15, -0.1) is 0 Å². The van der Waals surface area contributed by atoms with Crippen molar-refractivity contribution in [1.29, 1.82) is 0 Å². The topological polar surface area (TPSA) is 93.8 Å². The highest BCUT2D eigenvalue weighted by Crippen LogP contribution is 2.36. The van der Waals surface area contributed by atoms with Gasteiger partial charge in [-0.1, -0.05) is 43.7 Å². The van der Waals surface area contributed by atoms with Crippen molar-refractivity contribution < 1.29 is 19.4 Å². The maximum Gasteiger partial charge on any atom is 0.254 e. The zero-order chi connectivity index (χ0) is 18.4. The number of aliphatic hydroxyl groups is 1. The Morgan fingerprint density at radius 3 is 2.52 bits per heavy atom. The van der Waals surface area contributed by atoms with Crippen molar-refractivity contribution >= 4 is 23.2 Å². The molecule has 0 saturated heterocycles. The summed E-state index contributed by atoms with van der Waals surface area (Å²) in [5, 5.41) is 13.3. The Hall–Kier alpha value is -1.50. The van der Waals surface area contributed by atoms with Gasteiger partial charge in [0.2, 0.25) is 0 Å². The summed E-state index contributed by atoms with van der Waals surface area (Å²) in [6.07, 6.45) is 5.24. The van der Waals surface area contributed by atoms with Crippen molar-refractivity contribution in [3.05, 3.63) is 17.2 Å². The first kappa shape index (κ1) is 19.8. The van der Waals surface area contributed by atoms with E-state index in [1.54, 1.807) is 12.1 Å². The molecule has 0 heterocycles. The van der Waals surface area contributed by atoms with E-state index in [0.717, 1.165) is 12.8 Å². The van der Waals surface area contributed by atoms with E-state index in [0.29, 0.717) is 34.5 Å². The van der Waals surface area contributed by atoms with Crippen molar-refractivity contribution in [3.63, 3.8) is 0 Å². The van der Waals surface area contributed by atoms with E-state index < -0.39 is 18.1 Å². The number of amides is 1. The van der Waals surface area contributed by atoms with Crippen molar-refractivity contribution in [1.82, 2.24) is 0 Å². The summed E-state index contributed by atoms with van der Waals surface area (Å²) < 4.78 is 10.4. The van der Waals surface area contributed by atoms with Gasteiger partial charge >= 0.3 is 0 Å². The number of halogens is 1. The zero-order valence-corrected chi connectivity index (χ0v) is 15.5. The highest BCUT2D eigenvalue weighted by molar-refractivity contribution is 6.32. The highest BCUT2D eigenvalue weighted by Gasteiger charge is 2.27. The summed E-state index contributed by atoms with van der Waals surface area (Å²) in [6, 6.07) is 2.51. The van der Waals surface area contributed by atoms with Crippen LogP contribution in [-0.4, -0.2) is 37.4 Å². The Kier molecular flexibility index (Phi) is 7.35. The summed E-state index contributed by atoms with van der Waals surface area (Å²) >= 11 is 6.05. The van der Waals surface area contributed by atoms with Crippen LogP contribution in [0.5, 0.6) is 11.5 Å². The van der Waals surface area contributed by atoms with Gasteiger partial charge < -0.3 is 25.6 Å². The molecule has 0 aliphatic heterocycles. The number of rotatable bonds is 7. The van der Waals surface area contributed by atoms with Crippen LogP contribution < -0.4 is 20.5 Å². The van der Waals surface area contributed by atoms with Crippen LogP contribution in [0.2, 0.25) is 5.02 Å². The number of hydrogen-bond acceptors (Lipinski definition) is 5. The Balaban J connectivity index is 2.02. The molecular formula is C18H27ClN2O4. The molecule has 1 amide bonds. The molecule has 140 valence electrons. The molecular weight excluding hydrogens is 344 g/mol. The van der Waals surface area contributed by atoms with E-state index in [1.165, 1.54) is 33.5 Å². The number of nitrogens with one attached hydrogen (secondary N) is 1. The maximum absolute atomic E-state index is 12.4. The number of nitrogens with two attached hydrogens (primary N) is 1. The first-order valence-corrected chi connectivity index (χ1v) is 9.00. The third-order valence-electron chi connectivity index (χ3n) is 4.74. The van der Waals surface area contributed by atoms with Crippen molar-refractivity contribution in [2.45, 2.75) is 50.7 Å². The van der Waals surface area contributed by atoms with Gasteiger partial charge in [-0.25, -0.2) is 0 Å². The Bertz CT molecular complexity index is 591. The molecule has 1 unspecified atom stereocenters. The van der Waals surface area contributed by atoms with Gasteiger partial charge in [-0.2, -0.15) is 0 Å². The molecule has 4 N–H and O–H groups in total. The highest BCUT2D eigenvalue weighted by atomic mass is 35.5. The van der Waals surface area contributed by atoms with Crippen LogP contribution >= 0.6 is 11.6 Å². The van der Waals surface area contributed by atoms with Gasteiger partial charge in [0.15, 0.2) is 0 Å². The van der Waals surface area contributed by atoms with Gasteiger partial charge in [0, 0.05) is 18.2 Å². The normalized spacial score (nSPS) is 17.6. The number of anilines is 1. The molecule has 0 radical (unpaired) electrons. The van der Waals surface area contributed by atoms with Crippen LogP contribution in [0.1, 0.15) is 38.5 Å². The van der Waals surface area contributed by atoms with Crippen LogP contribution in [0.4, 0.5) is 5.69 Å². The lowest BCUT2D eigenvalue weighted by Gasteiger charge is -2.26. The van der Waals surface area contributed by atoms with Gasteiger partial charge in [0.25, 0.3) is 5.91 Å². The molecule has 0 bridgehead atoms. The molecule has 7 heteroatoms. The van der Waals surface area contributed by atoms with Gasteiger partial charge in [0.1, 0.15) is 17.6 Å². The third-order valence-corrected chi connectivity index (χ3v) is 5.03. The molecule has 1 aliphatic rings. The summed E-state index contributed by atoms with van der Waals surface area (Å²) in [4.78, 5) is 12.4. The molecule has 1 aliphatic carbocycles. The number of benzene rings is 1. The fraction of sp³-hybridized carbons (Fsp3) is 0.611. The van der Waals surface area contributed by atoms with E-state index in [4.69, 9.17) is 26.8 Å². The molecule has 1 saturated carbocycles. The Morgan fingerprint density at radius 2 is 1.92 bits per heavy atom. The predicted octanol–water partition coefficient (Wildman–Crippen LogP) is 2.95. The lowest BCUT2D eigenvalue weighted by atomic mass is 9.84. The third kappa shape index (κ3) is 5.23. The van der Waals surface area contributed by atoms with E-state index in [-0.39, 0.29) is 0 Å². The minimum absolute atomic E-state index is 0.367. The van der Waals surface area contributed by atoms with E-state index in [1.807, 2.05) is 0 Å². The van der Waals surface area contributed by atoms with Gasteiger partial charge in [-0.05, 0) is 12.3 Å². The minimum atomic E-state index is -1.28. The molecule has 1 aromatic rings. The summed E-state index contributed by atoms with van der Waals surface area (Å²) in [5.74, 6) is 0.702. The van der Waals surface area contributed by atoms with Crippen LogP contribution in [0.15, 0.2) is 12.1 Å². The summed E-state index contributed by atoms with van der Waals surface area (Å²) in [5.41, 5.74) is 6.44. The molecule has 0 aromatic heterocycles. The number of carbonyl (C=O) groups excluding carboxylic acids is 1. The molecule has 25 heavy (non-hydrogen) atoms. The summed E-state index contributed by atoms with van der Waals surface area (Å²) in [7, 11) is 2.95. The average Bonchev–Trinajstić information content (AvgIpc) is 2.62. The largest absolute Gasteiger partial charge is 0.495 e. The Morgan fingerprint density at radius 1 is 1.28 bits per heavy atom. The standard InChI is InChI=1S/C18H27ClN2O4/c1-24-15-10-14(16(25-2)9-12(15)19)21-18(23)17(22)13(20)8-11-6-4-3-5-7-11/h9-11,13,17,22H,3-8,20H2,1-2H3,(H,21,23)/t13-,17?/m1/s1. The molecule has 1 fully saturated rings. The van der Waals surface area contributed by atoms with Crippen molar-refractivity contribution in [3.8, 4) is 11.5 Å². The maximum atomic E-state index is 12.4. The van der Waals surface area contributed by atoms with Crippen LogP contribution in [0, 0.1) is 5.92 Å². The van der Waals surface area contributed by atoms with Gasteiger partial charge in [0.05, 0.1) is 24.9 Å². The smallest absolute Gasteiger partial charge is 0.254 e. The second kappa shape index (κ2) is 9.27. The fourth-order valence-corrected chi connectivity index (χ4v) is 3.53. The van der Waals surface area contributed by atoms with E-state index in [2.05, 4.69) is 5.32 Å². The van der Waals surface area contributed by atoms with E-state index >= 15 is 0 Å². The zero-order valence-electron chi connectivity index (χ0n) is 14.8. The monoisotopic (exact) mass is 370 g/mol. The van der Waals surface area contributed by atoms with E-state index in [9.17, 15) is 9.90 Å². The number of aliphatic hydroxyl groups excluding tert-OH is 1. The molecule has 2 atom stereocenters. The Labute approximate surface area is 153 Å². The minimum Gasteiger partial charge on any atom is -0.495 e. The number of ether oxygens (including phenoxy) is 2. The molecule has 2 rings (SSSR count). The second-order valence-corrected chi connectivity index (χ2v) is 6.93. The van der Waals surface area contributed by atoms with Crippen molar-refractivity contribution in [2.75, 3.05) is 19.5 Å². The molecule has 0 spiro atoms.